The highest BCUT2D eigenvalue weighted by Gasteiger charge is 2.51. The van der Waals surface area contributed by atoms with Crippen LogP contribution in [0.4, 0.5) is 0 Å². The quantitative estimate of drug-likeness (QED) is 0.231. The summed E-state index contributed by atoms with van der Waals surface area (Å²) >= 11 is 0. The van der Waals surface area contributed by atoms with E-state index in [1.807, 2.05) is 0 Å². The van der Waals surface area contributed by atoms with E-state index in [1.54, 1.807) is 19.1 Å². The Hall–Kier alpha value is -1.96. The molecule has 3 rings (SSSR count). The minimum absolute atomic E-state index is 0.00507. The summed E-state index contributed by atoms with van der Waals surface area (Å²) in [6.07, 6.45) is 3.24. The monoisotopic (exact) mass is 349 g/mol. The molecule has 3 heterocycles. The second kappa shape index (κ2) is 6.09. The van der Waals surface area contributed by atoms with Gasteiger partial charge in [0, 0.05) is 24.0 Å². The Morgan fingerprint density at radius 2 is 2.20 bits per heavy atom. The van der Waals surface area contributed by atoms with E-state index < -0.39 is 34.3 Å². The Labute approximate surface area is 146 Å². The standard InChI is InChI=1S/C18H23NO6/c1-4-12-9-11(2)18(3,22)17(21)24-10-13-5-7-19(23)8-6-14(15(13)19)25-16(12)20/h4-5,14-15,22H,2,6-10H2,1,3H3/b12-4+. The molecule has 4 atom stereocenters. The van der Waals surface area contributed by atoms with Gasteiger partial charge in [-0.15, -0.1) is 0 Å². The summed E-state index contributed by atoms with van der Waals surface area (Å²) in [6, 6.07) is -0.553. The molecule has 3 aliphatic rings. The van der Waals surface area contributed by atoms with Crippen molar-refractivity contribution in [3.05, 3.63) is 40.7 Å². The second-order valence-electron chi connectivity index (χ2n) is 7.06. The summed E-state index contributed by atoms with van der Waals surface area (Å²) in [4.78, 5) is 24.8. The maximum absolute atomic E-state index is 12.9. The zero-order valence-corrected chi connectivity index (χ0v) is 14.5. The fourth-order valence-corrected chi connectivity index (χ4v) is 3.69. The molecule has 0 radical (unpaired) electrons. The Morgan fingerprint density at radius 3 is 2.88 bits per heavy atom. The molecule has 0 aromatic heterocycles. The van der Waals surface area contributed by atoms with Crippen molar-refractivity contribution in [3.8, 4) is 0 Å². The summed E-state index contributed by atoms with van der Waals surface area (Å²) in [6.45, 7) is 7.22. The maximum Gasteiger partial charge on any atom is 0.342 e. The lowest BCUT2D eigenvalue weighted by atomic mass is 9.91. The predicted octanol–water partition coefficient (Wildman–Crippen LogP) is 1.13. The highest BCUT2D eigenvalue weighted by atomic mass is 16.6. The summed E-state index contributed by atoms with van der Waals surface area (Å²) in [5, 5.41) is 23.4. The van der Waals surface area contributed by atoms with Crippen molar-refractivity contribution >= 4 is 11.9 Å². The van der Waals surface area contributed by atoms with Gasteiger partial charge in [0.15, 0.2) is 17.7 Å². The Kier molecular flexibility index (Phi) is 4.35. The maximum atomic E-state index is 12.9. The van der Waals surface area contributed by atoms with Crippen molar-refractivity contribution in [1.82, 2.24) is 0 Å². The van der Waals surface area contributed by atoms with Crippen molar-refractivity contribution < 1.29 is 28.8 Å². The van der Waals surface area contributed by atoms with Gasteiger partial charge in [-0.05, 0) is 25.5 Å². The zero-order valence-electron chi connectivity index (χ0n) is 14.5. The minimum atomic E-state index is -1.93. The van der Waals surface area contributed by atoms with Gasteiger partial charge in [-0.3, -0.25) is 0 Å². The zero-order chi connectivity index (χ0) is 18.4. The molecule has 0 aliphatic carbocycles. The molecular weight excluding hydrogens is 326 g/mol. The van der Waals surface area contributed by atoms with Gasteiger partial charge in [0.1, 0.15) is 6.61 Å². The first-order chi connectivity index (χ1) is 11.7. The molecule has 0 bridgehead atoms. The lowest BCUT2D eigenvalue weighted by Crippen LogP contribution is -2.48. The first kappa shape index (κ1) is 17.8. The SMILES string of the molecule is C=C1C/C(=C\C)C(=O)OC2CC[N+]3([O-])CC=C(COC(=O)C1(C)O)C23. The number of carbonyl (C=O) groups is 2. The average Bonchev–Trinajstić information content (AvgIpc) is 3.05. The van der Waals surface area contributed by atoms with Gasteiger partial charge < -0.3 is 24.4 Å². The fraction of sp³-hybridized carbons (Fsp3) is 0.556. The van der Waals surface area contributed by atoms with E-state index in [1.165, 1.54) is 6.92 Å². The third-order valence-electron chi connectivity index (χ3n) is 5.42. The highest BCUT2D eigenvalue weighted by Crippen LogP contribution is 2.39. The molecule has 3 aliphatic heterocycles. The van der Waals surface area contributed by atoms with Gasteiger partial charge in [-0.1, -0.05) is 12.7 Å². The van der Waals surface area contributed by atoms with Crippen LogP contribution in [0, 0.1) is 5.21 Å². The predicted molar refractivity (Wildman–Crippen MR) is 88.8 cm³/mol. The third kappa shape index (κ3) is 2.92. The minimum Gasteiger partial charge on any atom is -0.632 e. The van der Waals surface area contributed by atoms with E-state index in [4.69, 9.17) is 9.47 Å². The van der Waals surface area contributed by atoms with Crippen LogP contribution in [0.3, 0.4) is 0 Å². The molecule has 136 valence electrons. The Bertz CT molecular complexity index is 692. The number of hydrogen-bond donors (Lipinski definition) is 1. The topological polar surface area (TPSA) is 95.9 Å². The molecule has 7 heteroatoms. The van der Waals surface area contributed by atoms with Gasteiger partial charge >= 0.3 is 11.9 Å². The number of hydroxylamine groups is 3. The van der Waals surface area contributed by atoms with Crippen LogP contribution in [0.25, 0.3) is 0 Å². The number of nitrogens with zero attached hydrogens (tertiary/aromatic N) is 1. The van der Waals surface area contributed by atoms with Crippen molar-refractivity contribution in [1.29, 1.82) is 0 Å². The van der Waals surface area contributed by atoms with E-state index in [0.29, 0.717) is 18.5 Å². The average molecular weight is 349 g/mol. The number of quaternary nitrogens is 1. The van der Waals surface area contributed by atoms with Crippen LogP contribution in [0.2, 0.25) is 0 Å². The van der Waals surface area contributed by atoms with Crippen molar-refractivity contribution in [3.63, 3.8) is 0 Å². The first-order valence-corrected chi connectivity index (χ1v) is 8.40. The fourth-order valence-electron chi connectivity index (χ4n) is 3.69. The Morgan fingerprint density at radius 1 is 1.48 bits per heavy atom. The lowest BCUT2D eigenvalue weighted by molar-refractivity contribution is -0.877. The van der Waals surface area contributed by atoms with Crippen molar-refractivity contribution in [2.75, 3.05) is 19.7 Å². The Balaban J connectivity index is 1.96. The van der Waals surface area contributed by atoms with Crippen LogP contribution in [0.15, 0.2) is 35.5 Å². The number of esters is 2. The van der Waals surface area contributed by atoms with Crippen LogP contribution in [0.1, 0.15) is 26.7 Å². The number of hydrogen-bond acceptors (Lipinski definition) is 6. The summed E-state index contributed by atoms with van der Waals surface area (Å²) in [5.74, 6) is -1.38. The molecule has 25 heavy (non-hydrogen) atoms. The van der Waals surface area contributed by atoms with Crippen LogP contribution in [-0.2, 0) is 19.1 Å². The largest absolute Gasteiger partial charge is 0.632 e. The second-order valence-corrected chi connectivity index (χ2v) is 7.06. The van der Waals surface area contributed by atoms with Crippen LogP contribution in [-0.4, -0.2) is 59.1 Å². The summed E-state index contributed by atoms with van der Waals surface area (Å²) in [7, 11) is 0. The van der Waals surface area contributed by atoms with Gasteiger partial charge in [-0.2, -0.15) is 0 Å². The van der Waals surface area contributed by atoms with E-state index in [9.17, 15) is 19.9 Å². The third-order valence-corrected chi connectivity index (χ3v) is 5.42. The van der Waals surface area contributed by atoms with Crippen LogP contribution >= 0.6 is 0 Å². The number of ether oxygens (including phenoxy) is 2. The highest BCUT2D eigenvalue weighted by molar-refractivity contribution is 5.90. The summed E-state index contributed by atoms with van der Waals surface area (Å²) in [5.41, 5.74) is -0.841. The van der Waals surface area contributed by atoms with Crippen molar-refractivity contribution in [2.24, 2.45) is 0 Å². The molecule has 0 aromatic rings. The molecule has 2 fully saturated rings. The molecule has 1 N–H and O–H groups in total. The molecule has 0 saturated carbocycles. The van der Waals surface area contributed by atoms with Crippen molar-refractivity contribution in [2.45, 2.75) is 44.4 Å². The van der Waals surface area contributed by atoms with Crippen LogP contribution < -0.4 is 0 Å². The lowest BCUT2D eigenvalue weighted by Gasteiger charge is -2.40. The van der Waals surface area contributed by atoms with E-state index in [-0.39, 0.29) is 30.7 Å². The first-order valence-electron chi connectivity index (χ1n) is 8.40. The molecule has 4 unspecified atom stereocenters. The van der Waals surface area contributed by atoms with E-state index in [0.717, 1.165) is 0 Å². The van der Waals surface area contributed by atoms with Gasteiger partial charge in [0.2, 0.25) is 0 Å². The normalized spacial score (nSPS) is 40.7. The molecular formula is C18H23NO6. The number of carbonyl (C=O) groups excluding carboxylic acids is 2. The number of cyclic esters (lactones) is 1. The van der Waals surface area contributed by atoms with E-state index >= 15 is 0 Å². The number of allylic oxidation sites excluding steroid dienone is 1. The van der Waals surface area contributed by atoms with Gasteiger partial charge in [0.25, 0.3) is 0 Å². The molecule has 2 saturated heterocycles. The van der Waals surface area contributed by atoms with Gasteiger partial charge in [-0.25, -0.2) is 9.59 Å². The summed E-state index contributed by atoms with van der Waals surface area (Å²) < 4.78 is 10.4. The van der Waals surface area contributed by atoms with Gasteiger partial charge in [0.05, 0.1) is 13.1 Å². The molecule has 0 aromatic carbocycles. The molecule has 0 amide bonds. The molecule has 0 spiro atoms. The number of aliphatic hydroxyl groups is 1. The smallest absolute Gasteiger partial charge is 0.342 e. The number of rotatable bonds is 0. The van der Waals surface area contributed by atoms with E-state index in [2.05, 4.69) is 6.58 Å². The van der Waals surface area contributed by atoms with Crippen LogP contribution in [0.5, 0.6) is 0 Å². The molecule has 7 nitrogen and oxygen atoms in total.